The minimum Gasteiger partial charge on any atom is -0.480 e. The number of halogens is 1. The quantitative estimate of drug-likeness (QED) is 0.510. The van der Waals surface area contributed by atoms with Crippen LogP contribution >= 0.6 is 11.6 Å². The highest BCUT2D eigenvalue weighted by Gasteiger charge is 2.13. The van der Waals surface area contributed by atoms with Crippen molar-refractivity contribution >= 4 is 17.6 Å². The van der Waals surface area contributed by atoms with E-state index >= 15 is 0 Å². The van der Waals surface area contributed by atoms with Gasteiger partial charge in [-0.1, -0.05) is 13.0 Å². The zero-order valence-electron chi connectivity index (χ0n) is 6.10. The van der Waals surface area contributed by atoms with Crippen molar-refractivity contribution in [3.8, 4) is 0 Å². The van der Waals surface area contributed by atoms with Crippen LogP contribution in [0.25, 0.3) is 0 Å². The first-order valence-corrected chi connectivity index (χ1v) is 3.56. The van der Waals surface area contributed by atoms with E-state index in [1.54, 1.807) is 6.92 Å². The van der Waals surface area contributed by atoms with E-state index in [1.165, 1.54) is 0 Å². The van der Waals surface area contributed by atoms with Gasteiger partial charge in [0.2, 0.25) is 0 Å². The molecule has 0 aliphatic rings. The summed E-state index contributed by atoms with van der Waals surface area (Å²) in [5.41, 5.74) is 0.705. The first-order valence-electron chi connectivity index (χ1n) is 3.13. The summed E-state index contributed by atoms with van der Waals surface area (Å²) in [6, 6.07) is 0. The van der Waals surface area contributed by atoms with Gasteiger partial charge in [-0.3, -0.25) is 4.79 Å². The SMILES string of the molecule is CCC=C(C)C(Cl)C(=O)O. The number of allylic oxidation sites excluding steroid dienone is 1. The maximum Gasteiger partial charge on any atom is 0.325 e. The maximum atomic E-state index is 10.2. The molecule has 0 aliphatic heterocycles. The predicted molar refractivity (Wildman–Crippen MR) is 41.3 cm³/mol. The van der Waals surface area contributed by atoms with Crippen molar-refractivity contribution in [3.05, 3.63) is 11.6 Å². The van der Waals surface area contributed by atoms with Crippen LogP contribution in [0.2, 0.25) is 0 Å². The van der Waals surface area contributed by atoms with Crippen LogP contribution in [0.5, 0.6) is 0 Å². The molecule has 2 nitrogen and oxygen atoms in total. The Balaban J connectivity index is 4.06. The largest absolute Gasteiger partial charge is 0.480 e. The Hall–Kier alpha value is -0.500. The van der Waals surface area contributed by atoms with Crippen LogP contribution in [0.1, 0.15) is 20.3 Å². The van der Waals surface area contributed by atoms with Gasteiger partial charge in [0.25, 0.3) is 0 Å². The van der Waals surface area contributed by atoms with E-state index in [0.717, 1.165) is 6.42 Å². The second kappa shape index (κ2) is 4.34. The van der Waals surface area contributed by atoms with Crippen LogP contribution in [0.3, 0.4) is 0 Å². The average Bonchev–Trinajstić information content (AvgIpc) is 1.87. The van der Waals surface area contributed by atoms with E-state index in [4.69, 9.17) is 16.7 Å². The fraction of sp³-hybridized carbons (Fsp3) is 0.571. The molecule has 10 heavy (non-hydrogen) atoms. The zero-order chi connectivity index (χ0) is 8.15. The third kappa shape index (κ3) is 2.87. The Kier molecular flexibility index (Phi) is 4.12. The lowest BCUT2D eigenvalue weighted by molar-refractivity contribution is -0.135. The van der Waals surface area contributed by atoms with Crippen molar-refractivity contribution in [3.63, 3.8) is 0 Å². The Morgan fingerprint density at radius 2 is 2.30 bits per heavy atom. The summed E-state index contributed by atoms with van der Waals surface area (Å²) in [4.78, 5) is 10.2. The first kappa shape index (κ1) is 9.50. The number of rotatable bonds is 3. The van der Waals surface area contributed by atoms with Gasteiger partial charge in [0.05, 0.1) is 0 Å². The monoisotopic (exact) mass is 162 g/mol. The van der Waals surface area contributed by atoms with Crippen LogP contribution in [0, 0.1) is 0 Å². The lowest BCUT2D eigenvalue weighted by atomic mass is 10.2. The van der Waals surface area contributed by atoms with Gasteiger partial charge in [0.1, 0.15) is 0 Å². The molecule has 0 rings (SSSR count). The van der Waals surface area contributed by atoms with Crippen molar-refractivity contribution in [1.29, 1.82) is 0 Å². The number of aliphatic carboxylic acids is 1. The molecule has 0 fully saturated rings. The fourth-order valence-electron chi connectivity index (χ4n) is 0.620. The van der Waals surface area contributed by atoms with Crippen LogP contribution in [-0.2, 0) is 4.79 Å². The molecule has 0 amide bonds. The molecule has 0 aromatic carbocycles. The summed E-state index contributed by atoms with van der Waals surface area (Å²) < 4.78 is 0. The van der Waals surface area contributed by atoms with Crippen LogP contribution in [-0.4, -0.2) is 16.5 Å². The number of alkyl halides is 1. The van der Waals surface area contributed by atoms with Crippen LogP contribution in [0.4, 0.5) is 0 Å². The summed E-state index contributed by atoms with van der Waals surface area (Å²) in [6.45, 7) is 3.66. The Morgan fingerprint density at radius 1 is 1.80 bits per heavy atom. The summed E-state index contributed by atoms with van der Waals surface area (Å²) >= 11 is 5.48. The Labute approximate surface area is 65.5 Å². The number of hydrogen-bond donors (Lipinski definition) is 1. The average molecular weight is 163 g/mol. The second-order valence-corrected chi connectivity index (χ2v) is 2.49. The molecule has 0 radical (unpaired) electrons. The van der Waals surface area contributed by atoms with Crippen molar-refractivity contribution in [2.75, 3.05) is 0 Å². The molecule has 0 aliphatic carbocycles. The molecule has 3 heteroatoms. The normalized spacial score (nSPS) is 14.9. The number of hydrogen-bond acceptors (Lipinski definition) is 1. The van der Waals surface area contributed by atoms with Gasteiger partial charge < -0.3 is 5.11 Å². The van der Waals surface area contributed by atoms with Gasteiger partial charge in [-0.2, -0.15) is 0 Å². The molecular weight excluding hydrogens is 152 g/mol. The summed E-state index contributed by atoms with van der Waals surface area (Å²) in [5, 5.41) is 7.55. The minimum absolute atomic E-state index is 0.705. The molecule has 0 aromatic heterocycles. The molecule has 0 aromatic rings. The molecule has 0 heterocycles. The second-order valence-electron chi connectivity index (χ2n) is 2.06. The van der Waals surface area contributed by atoms with Gasteiger partial charge in [-0.05, 0) is 18.9 Å². The van der Waals surface area contributed by atoms with Crippen molar-refractivity contribution in [1.82, 2.24) is 0 Å². The van der Waals surface area contributed by atoms with Gasteiger partial charge >= 0.3 is 5.97 Å². The minimum atomic E-state index is -0.983. The summed E-state index contributed by atoms with van der Waals surface area (Å²) in [6.07, 6.45) is 2.63. The highest BCUT2D eigenvalue weighted by atomic mass is 35.5. The third-order valence-corrected chi connectivity index (χ3v) is 1.67. The van der Waals surface area contributed by atoms with Crippen molar-refractivity contribution in [2.24, 2.45) is 0 Å². The standard InChI is InChI=1S/C7H11ClO2/c1-3-4-5(2)6(8)7(9)10/h4,6H,3H2,1-2H3,(H,9,10). The lowest BCUT2D eigenvalue weighted by Gasteiger charge is -2.02. The molecule has 58 valence electrons. The molecular formula is C7H11ClO2. The number of carboxylic acid groups (broad SMARTS) is 1. The van der Waals surface area contributed by atoms with Crippen LogP contribution < -0.4 is 0 Å². The smallest absolute Gasteiger partial charge is 0.325 e. The van der Waals surface area contributed by atoms with E-state index < -0.39 is 11.3 Å². The van der Waals surface area contributed by atoms with E-state index in [0.29, 0.717) is 5.57 Å². The van der Waals surface area contributed by atoms with E-state index in [9.17, 15) is 4.79 Å². The topological polar surface area (TPSA) is 37.3 Å². The van der Waals surface area contributed by atoms with Gasteiger partial charge in [-0.15, -0.1) is 11.6 Å². The maximum absolute atomic E-state index is 10.2. The molecule has 1 N–H and O–H groups in total. The molecule has 0 spiro atoms. The van der Waals surface area contributed by atoms with Gasteiger partial charge in [0, 0.05) is 0 Å². The number of carboxylic acids is 1. The molecule has 0 saturated heterocycles. The summed E-state index contributed by atoms with van der Waals surface area (Å²) in [7, 11) is 0. The van der Waals surface area contributed by atoms with Gasteiger partial charge in [0.15, 0.2) is 5.38 Å². The van der Waals surface area contributed by atoms with E-state index in [1.807, 2.05) is 13.0 Å². The zero-order valence-corrected chi connectivity index (χ0v) is 6.85. The summed E-state index contributed by atoms with van der Waals surface area (Å²) in [5.74, 6) is -0.983. The third-order valence-electron chi connectivity index (χ3n) is 1.14. The van der Waals surface area contributed by atoms with E-state index in [2.05, 4.69) is 0 Å². The highest BCUT2D eigenvalue weighted by molar-refractivity contribution is 6.31. The molecule has 0 bridgehead atoms. The van der Waals surface area contributed by atoms with E-state index in [-0.39, 0.29) is 0 Å². The molecule has 1 unspecified atom stereocenters. The van der Waals surface area contributed by atoms with Crippen molar-refractivity contribution in [2.45, 2.75) is 25.6 Å². The number of carbonyl (C=O) groups is 1. The van der Waals surface area contributed by atoms with Crippen LogP contribution in [0.15, 0.2) is 11.6 Å². The molecule has 1 atom stereocenters. The first-order chi connectivity index (χ1) is 4.59. The van der Waals surface area contributed by atoms with Crippen molar-refractivity contribution < 1.29 is 9.90 Å². The lowest BCUT2D eigenvalue weighted by Crippen LogP contribution is -2.14. The molecule has 0 saturated carbocycles. The fourth-order valence-corrected chi connectivity index (χ4v) is 0.709. The van der Waals surface area contributed by atoms with Gasteiger partial charge in [-0.25, -0.2) is 0 Å². The Bertz CT molecular complexity index is 152. The highest BCUT2D eigenvalue weighted by Crippen LogP contribution is 2.09. The Morgan fingerprint density at radius 3 is 2.60 bits per heavy atom. The predicted octanol–water partition coefficient (Wildman–Crippen LogP) is 2.03.